The molecule has 2 aromatic rings. The van der Waals surface area contributed by atoms with Gasteiger partial charge in [0.05, 0.1) is 19.4 Å². The summed E-state index contributed by atoms with van der Waals surface area (Å²) in [5.41, 5.74) is 1.67. The van der Waals surface area contributed by atoms with Crippen molar-refractivity contribution in [1.82, 2.24) is 15.1 Å². The van der Waals surface area contributed by atoms with Gasteiger partial charge in [0.25, 0.3) is 5.91 Å². The van der Waals surface area contributed by atoms with Crippen LogP contribution in [0, 0.1) is 0 Å². The van der Waals surface area contributed by atoms with Gasteiger partial charge in [0.2, 0.25) is 5.91 Å². The van der Waals surface area contributed by atoms with E-state index in [1.807, 2.05) is 57.0 Å². The molecule has 1 heterocycles. The fourth-order valence-electron chi connectivity index (χ4n) is 2.88. The zero-order chi connectivity index (χ0) is 21.9. The number of hydrogen-bond donors (Lipinski definition) is 2. The molecule has 0 fully saturated rings. The maximum Gasteiger partial charge on any atom is 0.291 e. The largest absolute Gasteiger partial charge is 0.459 e. The van der Waals surface area contributed by atoms with Crippen LogP contribution in [0.25, 0.3) is 0 Å². The summed E-state index contributed by atoms with van der Waals surface area (Å²) in [4.78, 5) is 32.7. The summed E-state index contributed by atoms with van der Waals surface area (Å²) in [6.07, 6.45) is 1.46. The minimum atomic E-state index is -0.292. The number of likely N-dealkylation sites (N-methyl/N-ethyl adjacent to an activating group) is 2. The Balaban J connectivity index is 0.00000480. The van der Waals surface area contributed by atoms with E-state index < -0.39 is 0 Å². The minimum Gasteiger partial charge on any atom is -0.459 e. The molecule has 1 aromatic heterocycles. The van der Waals surface area contributed by atoms with E-state index in [4.69, 9.17) is 4.42 Å². The van der Waals surface area contributed by atoms with E-state index >= 15 is 0 Å². The van der Waals surface area contributed by atoms with E-state index in [1.54, 1.807) is 17.0 Å². The molecule has 0 aliphatic rings. The fourth-order valence-corrected chi connectivity index (χ4v) is 2.88. The maximum atomic E-state index is 12.4. The molecule has 170 valence electrons. The number of aliphatic imine (C=N–C) groups is 1. The van der Waals surface area contributed by atoms with E-state index in [0.717, 1.165) is 5.56 Å². The Morgan fingerprint density at radius 1 is 1.06 bits per heavy atom. The Morgan fingerprint density at radius 3 is 2.29 bits per heavy atom. The van der Waals surface area contributed by atoms with Gasteiger partial charge in [-0.3, -0.25) is 9.59 Å². The summed E-state index contributed by atoms with van der Waals surface area (Å²) in [5.74, 6) is 0.721. The van der Waals surface area contributed by atoms with Gasteiger partial charge in [-0.2, -0.15) is 0 Å². The van der Waals surface area contributed by atoms with Gasteiger partial charge < -0.3 is 24.9 Å². The van der Waals surface area contributed by atoms with Crippen LogP contribution < -0.4 is 10.6 Å². The van der Waals surface area contributed by atoms with Crippen molar-refractivity contribution >= 4 is 47.4 Å². The van der Waals surface area contributed by atoms with Crippen molar-refractivity contribution in [3.05, 3.63) is 54.0 Å². The van der Waals surface area contributed by atoms with Crippen LogP contribution in [-0.4, -0.2) is 60.8 Å². The molecule has 0 aliphatic carbocycles. The number of hydrogen-bond acceptors (Lipinski definition) is 4. The van der Waals surface area contributed by atoms with Crippen LogP contribution in [0.1, 0.15) is 36.9 Å². The van der Waals surface area contributed by atoms with Crippen LogP contribution in [0.2, 0.25) is 0 Å². The molecule has 2 rings (SSSR count). The second-order valence-electron chi connectivity index (χ2n) is 6.72. The topological polar surface area (TPSA) is 90.2 Å². The first kappa shape index (κ1) is 26.5. The smallest absolute Gasteiger partial charge is 0.291 e. The van der Waals surface area contributed by atoms with E-state index in [9.17, 15) is 9.59 Å². The summed E-state index contributed by atoms with van der Waals surface area (Å²) in [6, 6.07) is 10.8. The predicted octanol–water partition coefficient (Wildman–Crippen LogP) is 3.42. The van der Waals surface area contributed by atoms with Crippen molar-refractivity contribution in [1.29, 1.82) is 0 Å². The third kappa shape index (κ3) is 8.23. The Morgan fingerprint density at radius 2 is 1.74 bits per heavy atom. The van der Waals surface area contributed by atoms with Gasteiger partial charge in [0.1, 0.15) is 0 Å². The lowest BCUT2D eigenvalue weighted by atomic mass is 10.2. The lowest BCUT2D eigenvalue weighted by Crippen LogP contribution is -2.45. The summed E-state index contributed by atoms with van der Waals surface area (Å²) < 4.78 is 5.09. The number of rotatable bonds is 9. The molecule has 8 nitrogen and oxygen atoms in total. The van der Waals surface area contributed by atoms with E-state index in [2.05, 4.69) is 15.6 Å². The number of anilines is 1. The average Bonchev–Trinajstić information content (AvgIpc) is 3.28. The molecule has 0 saturated carbocycles. The van der Waals surface area contributed by atoms with Crippen LogP contribution in [0.5, 0.6) is 0 Å². The lowest BCUT2D eigenvalue weighted by Gasteiger charge is -2.25. The highest BCUT2D eigenvalue weighted by Gasteiger charge is 2.15. The van der Waals surface area contributed by atoms with Crippen molar-refractivity contribution in [2.45, 2.75) is 27.3 Å². The number of nitrogens with zero attached hydrogens (tertiary/aromatic N) is 3. The maximum absolute atomic E-state index is 12.4. The van der Waals surface area contributed by atoms with Crippen molar-refractivity contribution in [2.75, 3.05) is 38.5 Å². The molecular formula is C22H32IN5O3. The van der Waals surface area contributed by atoms with E-state index in [-0.39, 0.29) is 48.1 Å². The minimum absolute atomic E-state index is 0. The summed E-state index contributed by atoms with van der Waals surface area (Å²) in [6.45, 7) is 8.76. The SMILES string of the molecule is CCNC(=NCc1ccc(NC(=O)c2ccco2)cc1)N(C)CC(=O)N(CC)CC.I. The van der Waals surface area contributed by atoms with Gasteiger partial charge in [-0.25, -0.2) is 4.99 Å². The van der Waals surface area contributed by atoms with E-state index in [0.29, 0.717) is 37.8 Å². The number of carbonyl (C=O) groups excluding carboxylic acids is 2. The molecule has 2 N–H and O–H groups in total. The molecule has 0 spiro atoms. The lowest BCUT2D eigenvalue weighted by molar-refractivity contribution is -0.131. The Labute approximate surface area is 201 Å². The average molecular weight is 541 g/mol. The quantitative estimate of drug-likeness (QED) is 0.289. The Hall–Kier alpha value is -2.56. The first-order valence-electron chi connectivity index (χ1n) is 10.2. The molecular weight excluding hydrogens is 509 g/mol. The molecule has 31 heavy (non-hydrogen) atoms. The number of nitrogens with one attached hydrogen (secondary N) is 2. The molecule has 0 saturated heterocycles. The summed E-state index contributed by atoms with van der Waals surface area (Å²) in [5, 5.41) is 6.01. The summed E-state index contributed by atoms with van der Waals surface area (Å²) >= 11 is 0. The van der Waals surface area contributed by atoms with Gasteiger partial charge in [-0.15, -0.1) is 24.0 Å². The van der Waals surface area contributed by atoms with Gasteiger partial charge >= 0.3 is 0 Å². The van der Waals surface area contributed by atoms with Crippen LogP contribution in [0.3, 0.4) is 0 Å². The highest BCUT2D eigenvalue weighted by Crippen LogP contribution is 2.12. The highest BCUT2D eigenvalue weighted by atomic mass is 127. The fraction of sp³-hybridized carbons (Fsp3) is 0.409. The molecule has 0 unspecified atom stereocenters. The zero-order valence-electron chi connectivity index (χ0n) is 18.6. The summed E-state index contributed by atoms with van der Waals surface area (Å²) in [7, 11) is 1.86. The van der Waals surface area contributed by atoms with Crippen LogP contribution in [0.15, 0.2) is 52.1 Å². The molecule has 2 amide bonds. The number of halogens is 1. The number of amides is 2. The van der Waals surface area contributed by atoms with Crippen LogP contribution in [0.4, 0.5) is 5.69 Å². The number of guanidine groups is 1. The van der Waals surface area contributed by atoms with Gasteiger partial charge in [0.15, 0.2) is 11.7 Å². The highest BCUT2D eigenvalue weighted by molar-refractivity contribution is 14.0. The van der Waals surface area contributed by atoms with Gasteiger partial charge in [-0.1, -0.05) is 12.1 Å². The standard InChI is InChI=1S/C22H31N5O3.HI/c1-5-23-22(26(4)16-20(28)27(6-2)7-3)24-15-17-10-12-18(13-11-17)25-21(29)19-9-8-14-30-19;/h8-14H,5-7,15-16H2,1-4H3,(H,23,24)(H,25,29);1H. The Kier molecular flexibility index (Phi) is 11.7. The van der Waals surface area contributed by atoms with Gasteiger partial charge in [-0.05, 0) is 50.6 Å². The second kappa shape index (κ2) is 13.7. The van der Waals surface area contributed by atoms with Gasteiger partial charge in [0, 0.05) is 32.4 Å². The monoisotopic (exact) mass is 541 g/mol. The zero-order valence-corrected chi connectivity index (χ0v) is 20.9. The van der Waals surface area contributed by atoms with Crippen molar-refractivity contribution < 1.29 is 14.0 Å². The number of carbonyl (C=O) groups is 2. The normalized spacial score (nSPS) is 10.8. The first-order valence-corrected chi connectivity index (χ1v) is 10.2. The Bertz CT molecular complexity index is 833. The van der Waals surface area contributed by atoms with E-state index in [1.165, 1.54) is 6.26 Å². The molecule has 1 aromatic carbocycles. The number of furan rings is 1. The molecule has 0 radical (unpaired) electrons. The predicted molar refractivity (Wildman–Crippen MR) is 134 cm³/mol. The van der Waals surface area contributed by atoms with Crippen molar-refractivity contribution in [3.63, 3.8) is 0 Å². The first-order chi connectivity index (χ1) is 14.5. The molecule has 0 aliphatic heterocycles. The van der Waals surface area contributed by atoms with Crippen LogP contribution in [-0.2, 0) is 11.3 Å². The third-order valence-electron chi connectivity index (χ3n) is 4.55. The molecule has 0 bridgehead atoms. The van der Waals surface area contributed by atoms with Crippen molar-refractivity contribution in [2.24, 2.45) is 4.99 Å². The van der Waals surface area contributed by atoms with Crippen LogP contribution >= 0.6 is 24.0 Å². The molecule has 9 heteroatoms. The number of benzene rings is 1. The second-order valence-corrected chi connectivity index (χ2v) is 6.72. The molecule has 0 atom stereocenters. The third-order valence-corrected chi connectivity index (χ3v) is 4.55. The van der Waals surface area contributed by atoms with Crippen molar-refractivity contribution in [3.8, 4) is 0 Å².